The first-order valence-corrected chi connectivity index (χ1v) is 4.79. The molecule has 0 aliphatic carbocycles. The summed E-state index contributed by atoms with van der Waals surface area (Å²) in [4.78, 5) is 14.3. The number of hydrogen-bond acceptors (Lipinski definition) is 5. The summed E-state index contributed by atoms with van der Waals surface area (Å²) in [6, 6.07) is 0. The van der Waals surface area contributed by atoms with Crippen molar-refractivity contribution in [3.05, 3.63) is 18.4 Å². The normalized spacial score (nSPS) is 11.1. The maximum atomic E-state index is 10.9. The van der Waals surface area contributed by atoms with Crippen molar-refractivity contribution in [3.8, 4) is 0 Å². The molecule has 0 unspecified atom stereocenters. The molecule has 1 rings (SSSR count). The highest BCUT2D eigenvalue weighted by molar-refractivity contribution is 7.89. The zero-order valence-corrected chi connectivity index (χ0v) is 6.96. The third kappa shape index (κ3) is 2.35. The molecule has 0 atom stereocenters. The fourth-order valence-corrected chi connectivity index (χ4v) is 0.984. The summed E-state index contributed by atoms with van der Waals surface area (Å²) in [5, 5.41) is 0. The Kier molecular flexibility index (Phi) is 2.13. The summed E-state index contributed by atoms with van der Waals surface area (Å²) in [5.41, 5.74) is 0. The lowest BCUT2D eigenvalue weighted by atomic mass is 10.5. The van der Waals surface area contributed by atoms with Gasteiger partial charge in [0.2, 0.25) is 15.8 Å². The molecule has 6 nitrogen and oxygen atoms in total. The summed E-state index contributed by atoms with van der Waals surface area (Å²) >= 11 is 0. The highest BCUT2D eigenvalue weighted by Gasteiger charge is 2.13. The van der Waals surface area contributed by atoms with E-state index in [2.05, 4.69) is 9.40 Å². The van der Waals surface area contributed by atoms with Crippen LogP contribution in [0, 0.1) is 0 Å². The number of rotatable bonds is 2. The van der Waals surface area contributed by atoms with E-state index in [9.17, 15) is 13.2 Å². The van der Waals surface area contributed by atoms with Crippen LogP contribution in [-0.4, -0.2) is 25.6 Å². The Balaban J connectivity index is 2.76. The molecule has 0 saturated carbocycles. The highest BCUT2D eigenvalue weighted by atomic mass is 32.2. The van der Waals surface area contributed by atoms with Gasteiger partial charge in [0.05, 0.1) is 12.5 Å². The van der Waals surface area contributed by atoms with Crippen LogP contribution >= 0.6 is 0 Å². The van der Waals surface area contributed by atoms with Crippen molar-refractivity contribution in [2.75, 3.05) is 6.26 Å². The summed E-state index contributed by atoms with van der Waals surface area (Å²) in [7, 11) is -3.54. The number of nitrogens with zero attached hydrogens (tertiary/aromatic N) is 1. The molecule has 0 saturated heterocycles. The highest BCUT2D eigenvalue weighted by Crippen LogP contribution is 1.95. The van der Waals surface area contributed by atoms with Crippen LogP contribution in [0.15, 0.2) is 17.0 Å². The van der Waals surface area contributed by atoms with Crippen LogP contribution in [0.25, 0.3) is 0 Å². The number of sulfonamides is 1. The van der Waals surface area contributed by atoms with E-state index in [1.165, 1.54) is 0 Å². The fourth-order valence-electron chi connectivity index (χ4n) is 0.547. The van der Waals surface area contributed by atoms with Crippen molar-refractivity contribution in [2.24, 2.45) is 0 Å². The van der Waals surface area contributed by atoms with Crippen LogP contribution in [-0.2, 0) is 10.0 Å². The number of hydrogen-bond donors (Lipinski definition) is 1. The molecule has 1 aromatic rings. The number of amides is 1. The molecule has 0 fully saturated rings. The Bertz CT molecular complexity index is 366. The molecule has 7 heteroatoms. The molecule has 1 heterocycles. The minimum atomic E-state index is -3.54. The quantitative estimate of drug-likeness (QED) is 0.670. The van der Waals surface area contributed by atoms with Crippen LogP contribution in [0.5, 0.6) is 0 Å². The number of oxazole rings is 1. The summed E-state index contributed by atoms with van der Waals surface area (Å²) in [5.74, 6) is -0.963. The Morgan fingerprint density at radius 3 is 2.75 bits per heavy atom. The van der Waals surface area contributed by atoms with Crippen LogP contribution in [0.2, 0.25) is 0 Å². The minimum Gasteiger partial charge on any atom is -0.438 e. The molecular formula is C5H6N2O4S. The Morgan fingerprint density at radius 2 is 2.33 bits per heavy atom. The van der Waals surface area contributed by atoms with Gasteiger partial charge in [-0.2, -0.15) is 0 Å². The van der Waals surface area contributed by atoms with E-state index in [-0.39, 0.29) is 5.76 Å². The van der Waals surface area contributed by atoms with Gasteiger partial charge in [-0.25, -0.2) is 18.1 Å². The zero-order chi connectivity index (χ0) is 9.19. The lowest BCUT2D eigenvalue weighted by Gasteiger charge is -1.96. The van der Waals surface area contributed by atoms with Crippen molar-refractivity contribution in [2.45, 2.75) is 0 Å². The molecule has 1 aromatic heterocycles. The van der Waals surface area contributed by atoms with Crippen LogP contribution < -0.4 is 4.72 Å². The van der Waals surface area contributed by atoms with Crippen molar-refractivity contribution in [1.82, 2.24) is 9.71 Å². The minimum absolute atomic E-state index is 0.138. The SMILES string of the molecule is CS(=O)(=O)NC(=O)c1cnco1. The van der Waals surface area contributed by atoms with Gasteiger partial charge in [0.1, 0.15) is 0 Å². The Labute approximate surface area is 68.6 Å². The van der Waals surface area contributed by atoms with E-state index in [1.807, 2.05) is 0 Å². The van der Waals surface area contributed by atoms with Gasteiger partial charge in [-0.05, 0) is 0 Å². The third-order valence-corrected chi connectivity index (χ3v) is 1.49. The van der Waals surface area contributed by atoms with Crippen LogP contribution in [0.4, 0.5) is 0 Å². The lowest BCUT2D eigenvalue weighted by molar-refractivity contribution is 0.0954. The molecular weight excluding hydrogens is 184 g/mol. The molecule has 0 bridgehead atoms. The third-order valence-electron chi connectivity index (χ3n) is 0.934. The van der Waals surface area contributed by atoms with Gasteiger partial charge < -0.3 is 4.42 Å². The van der Waals surface area contributed by atoms with Crippen molar-refractivity contribution >= 4 is 15.9 Å². The van der Waals surface area contributed by atoms with Crippen molar-refractivity contribution in [3.63, 3.8) is 0 Å². The molecule has 0 aromatic carbocycles. The average Bonchev–Trinajstić information content (AvgIpc) is 2.32. The number of carbonyl (C=O) groups is 1. The van der Waals surface area contributed by atoms with Crippen molar-refractivity contribution in [1.29, 1.82) is 0 Å². The number of aromatic nitrogens is 1. The van der Waals surface area contributed by atoms with E-state index in [0.29, 0.717) is 0 Å². The molecule has 0 radical (unpaired) electrons. The van der Waals surface area contributed by atoms with Gasteiger partial charge in [-0.1, -0.05) is 0 Å². The summed E-state index contributed by atoms with van der Waals surface area (Å²) in [6.07, 6.45) is 3.04. The topological polar surface area (TPSA) is 89.3 Å². The maximum Gasteiger partial charge on any atom is 0.302 e. The number of nitrogens with one attached hydrogen (secondary N) is 1. The van der Waals surface area contributed by atoms with E-state index in [1.54, 1.807) is 4.72 Å². The standard InChI is InChI=1S/C5H6N2O4S/c1-12(9,10)7-5(8)4-2-6-3-11-4/h2-3H,1H3,(H,7,8). The molecule has 0 aliphatic heterocycles. The first-order valence-electron chi connectivity index (χ1n) is 2.89. The molecule has 0 spiro atoms. The van der Waals surface area contributed by atoms with Gasteiger partial charge in [0.15, 0.2) is 6.39 Å². The molecule has 1 amide bonds. The summed E-state index contributed by atoms with van der Waals surface area (Å²) in [6.45, 7) is 0. The van der Waals surface area contributed by atoms with Gasteiger partial charge >= 0.3 is 5.91 Å². The lowest BCUT2D eigenvalue weighted by Crippen LogP contribution is -2.28. The second-order valence-electron chi connectivity index (χ2n) is 2.07. The summed E-state index contributed by atoms with van der Waals surface area (Å²) < 4.78 is 27.4. The first-order chi connectivity index (χ1) is 5.49. The molecule has 1 N–H and O–H groups in total. The fraction of sp³-hybridized carbons (Fsp3) is 0.200. The predicted molar refractivity (Wildman–Crippen MR) is 38.8 cm³/mol. The van der Waals surface area contributed by atoms with Crippen LogP contribution in [0.1, 0.15) is 10.6 Å². The van der Waals surface area contributed by atoms with E-state index < -0.39 is 15.9 Å². The van der Waals surface area contributed by atoms with Gasteiger partial charge in [0.25, 0.3) is 0 Å². The zero-order valence-electron chi connectivity index (χ0n) is 6.14. The van der Waals surface area contributed by atoms with Crippen LogP contribution in [0.3, 0.4) is 0 Å². The second kappa shape index (κ2) is 2.94. The Morgan fingerprint density at radius 1 is 1.67 bits per heavy atom. The second-order valence-corrected chi connectivity index (χ2v) is 3.82. The first kappa shape index (κ1) is 8.72. The predicted octanol–water partition coefficient (Wildman–Crippen LogP) is -0.636. The Hall–Kier alpha value is -1.37. The molecule has 12 heavy (non-hydrogen) atoms. The van der Waals surface area contributed by atoms with E-state index in [4.69, 9.17) is 0 Å². The number of carbonyl (C=O) groups excluding carboxylic acids is 1. The van der Waals surface area contributed by atoms with Gasteiger partial charge in [0, 0.05) is 0 Å². The van der Waals surface area contributed by atoms with Gasteiger partial charge in [-0.15, -0.1) is 0 Å². The monoisotopic (exact) mass is 190 g/mol. The van der Waals surface area contributed by atoms with E-state index >= 15 is 0 Å². The molecule has 66 valence electrons. The van der Waals surface area contributed by atoms with E-state index in [0.717, 1.165) is 18.8 Å². The largest absolute Gasteiger partial charge is 0.438 e. The molecule has 0 aliphatic rings. The van der Waals surface area contributed by atoms with Crippen molar-refractivity contribution < 1.29 is 17.6 Å². The maximum absolute atomic E-state index is 10.9. The smallest absolute Gasteiger partial charge is 0.302 e. The van der Waals surface area contributed by atoms with Gasteiger partial charge in [-0.3, -0.25) is 4.79 Å². The average molecular weight is 190 g/mol.